The maximum Gasteiger partial charge on any atom is 0.224 e. The molecule has 3 rings (SSSR count). The number of hydrogen-bond acceptors (Lipinski definition) is 3. The first kappa shape index (κ1) is 17.0. The Hall–Kier alpha value is -1.85. The van der Waals surface area contributed by atoms with Gasteiger partial charge in [0.1, 0.15) is 11.6 Å². The zero-order valence-corrected chi connectivity index (χ0v) is 14.1. The van der Waals surface area contributed by atoms with Crippen LogP contribution in [0.25, 0.3) is 0 Å². The van der Waals surface area contributed by atoms with E-state index in [1.54, 1.807) is 12.3 Å². The van der Waals surface area contributed by atoms with Crippen LogP contribution in [0.3, 0.4) is 0 Å². The number of benzene rings is 1. The molecular weight excluding hydrogens is 331 g/mol. The predicted molar refractivity (Wildman–Crippen MR) is 90.4 cm³/mol. The van der Waals surface area contributed by atoms with Crippen LogP contribution in [0.1, 0.15) is 30.2 Å². The quantitative estimate of drug-likeness (QED) is 0.866. The molecule has 1 atom stereocenters. The highest BCUT2D eigenvalue weighted by atomic mass is 35.5. The predicted octanol–water partition coefficient (Wildman–Crippen LogP) is 3.57. The first-order chi connectivity index (χ1) is 11.6. The molecular formula is C18H20ClFN2O2. The van der Waals surface area contributed by atoms with Crippen molar-refractivity contribution in [3.8, 4) is 0 Å². The zero-order valence-electron chi connectivity index (χ0n) is 13.3. The number of amides is 1. The number of carbonyl (C=O) groups is 1. The van der Waals surface area contributed by atoms with Crippen molar-refractivity contribution in [3.63, 3.8) is 0 Å². The molecule has 0 unspecified atom stereocenters. The fourth-order valence-electron chi connectivity index (χ4n) is 3.08. The molecule has 1 aliphatic rings. The van der Waals surface area contributed by atoms with Gasteiger partial charge in [-0.3, -0.25) is 9.69 Å². The number of halogens is 2. The van der Waals surface area contributed by atoms with Gasteiger partial charge in [-0.2, -0.15) is 0 Å². The van der Waals surface area contributed by atoms with Gasteiger partial charge in [-0.05, 0) is 50.2 Å². The number of nitrogens with zero attached hydrogens (tertiary/aromatic N) is 1. The third-order valence-corrected chi connectivity index (χ3v) is 4.70. The number of nitrogens with one attached hydrogen (secondary N) is 1. The van der Waals surface area contributed by atoms with Crippen LogP contribution in [0, 0.1) is 5.82 Å². The molecule has 0 bridgehead atoms. The average Bonchev–Trinajstić information content (AvgIpc) is 3.25. The molecule has 2 aromatic rings. The lowest BCUT2D eigenvalue weighted by atomic mass is 10.1. The maximum absolute atomic E-state index is 13.8. The van der Waals surface area contributed by atoms with E-state index in [0.717, 1.165) is 31.7 Å². The summed E-state index contributed by atoms with van der Waals surface area (Å²) in [6.07, 6.45) is 3.86. The van der Waals surface area contributed by atoms with Gasteiger partial charge in [-0.25, -0.2) is 4.39 Å². The molecule has 0 saturated carbocycles. The summed E-state index contributed by atoms with van der Waals surface area (Å²) in [5.74, 6) is 0.124. The minimum Gasteiger partial charge on any atom is -0.468 e. The Bertz CT molecular complexity index is 664. The van der Waals surface area contributed by atoms with Crippen molar-refractivity contribution in [2.24, 2.45) is 0 Å². The van der Waals surface area contributed by atoms with Crippen LogP contribution in [0.4, 0.5) is 4.39 Å². The Morgan fingerprint density at radius 2 is 2.08 bits per heavy atom. The molecule has 24 heavy (non-hydrogen) atoms. The van der Waals surface area contributed by atoms with Gasteiger partial charge >= 0.3 is 0 Å². The van der Waals surface area contributed by atoms with E-state index in [1.807, 2.05) is 12.1 Å². The van der Waals surface area contributed by atoms with Gasteiger partial charge < -0.3 is 9.73 Å². The summed E-state index contributed by atoms with van der Waals surface area (Å²) in [6, 6.07) is 8.19. The fourth-order valence-corrected chi connectivity index (χ4v) is 3.31. The number of hydrogen-bond donors (Lipinski definition) is 1. The van der Waals surface area contributed by atoms with Gasteiger partial charge in [0.05, 0.1) is 18.7 Å². The van der Waals surface area contributed by atoms with Gasteiger partial charge in [0.15, 0.2) is 0 Å². The summed E-state index contributed by atoms with van der Waals surface area (Å²) < 4.78 is 19.3. The van der Waals surface area contributed by atoms with E-state index in [4.69, 9.17) is 16.0 Å². The third kappa shape index (κ3) is 3.97. The Morgan fingerprint density at radius 1 is 1.29 bits per heavy atom. The molecule has 6 heteroatoms. The van der Waals surface area contributed by atoms with Crippen LogP contribution in [0.2, 0.25) is 5.02 Å². The Kier molecular flexibility index (Phi) is 5.53. The van der Waals surface area contributed by atoms with Crippen LogP contribution >= 0.6 is 11.6 Å². The van der Waals surface area contributed by atoms with E-state index in [9.17, 15) is 9.18 Å². The smallest absolute Gasteiger partial charge is 0.224 e. The number of rotatable bonds is 6. The fraction of sp³-hybridized carbons (Fsp3) is 0.389. The maximum atomic E-state index is 13.8. The van der Waals surface area contributed by atoms with Crippen molar-refractivity contribution in [2.75, 3.05) is 19.6 Å². The SMILES string of the molecule is O=C(Cc1c(F)cccc1Cl)NC[C@H](c1ccco1)N1CCCC1. The van der Waals surface area contributed by atoms with Crippen LogP contribution in [-0.2, 0) is 11.2 Å². The summed E-state index contributed by atoms with van der Waals surface area (Å²) in [5.41, 5.74) is 0.229. The molecule has 4 nitrogen and oxygen atoms in total. The molecule has 128 valence electrons. The summed E-state index contributed by atoms with van der Waals surface area (Å²) in [5, 5.41) is 3.16. The molecule has 0 aliphatic carbocycles. The third-order valence-electron chi connectivity index (χ3n) is 4.34. The molecule has 1 fully saturated rings. The van der Waals surface area contributed by atoms with E-state index in [-0.39, 0.29) is 29.0 Å². The van der Waals surface area contributed by atoms with Gasteiger partial charge in [-0.15, -0.1) is 0 Å². The van der Waals surface area contributed by atoms with E-state index >= 15 is 0 Å². The first-order valence-corrected chi connectivity index (χ1v) is 8.50. The van der Waals surface area contributed by atoms with Gasteiger partial charge in [0.25, 0.3) is 0 Å². The van der Waals surface area contributed by atoms with Crippen LogP contribution < -0.4 is 5.32 Å². The standard InChI is InChI=1S/C18H20ClFN2O2/c19-14-5-3-6-15(20)13(14)11-18(23)21-12-16(17-7-4-10-24-17)22-8-1-2-9-22/h3-7,10,16H,1-2,8-9,11-12H2,(H,21,23)/t16-/m1/s1. The molecule has 2 heterocycles. The van der Waals surface area contributed by atoms with Crippen LogP contribution in [0.5, 0.6) is 0 Å². The highest BCUT2D eigenvalue weighted by molar-refractivity contribution is 6.31. The number of likely N-dealkylation sites (tertiary alicyclic amines) is 1. The summed E-state index contributed by atoms with van der Waals surface area (Å²) >= 11 is 5.98. The lowest BCUT2D eigenvalue weighted by Gasteiger charge is -2.26. The molecule has 1 aromatic heterocycles. The second kappa shape index (κ2) is 7.81. The van der Waals surface area contributed by atoms with Crippen molar-refractivity contribution < 1.29 is 13.6 Å². The monoisotopic (exact) mass is 350 g/mol. The zero-order chi connectivity index (χ0) is 16.9. The summed E-state index contributed by atoms with van der Waals surface area (Å²) in [6.45, 7) is 2.40. The first-order valence-electron chi connectivity index (χ1n) is 8.12. The minimum absolute atomic E-state index is 0.00235. The molecule has 1 aliphatic heterocycles. The van der Waals surface area contributed by atoms with Crippen molar-refractivity contribution in [1.29, 1.82) is 0 Å². The van der Waals surface area contributed by atoms with Crippen molar-refractivity contribution in [2.45, 2.75) is 25.3 Å². The average molecular weight is 351 g/mol. The molecule has 1 N–H and O–H groups in total. The topological polar surface area (TPSA) is 45.5 Å². The molecule has 0 spiro atoms. The summed E-state index contributed by atoms with van der Waals surface area (Å²) in [4.78, 5) is 14.5. The van der Waals surface area contributed by atoms with Crippen molar-refractivity contribution in [1.82, 2.24) is 10.2 Å². The Labute approximate surface area is 145 Å². The second-order valence-electron chi connectivity index (χ2n) is 5.96. The largest absolute Gasteiger partial charge is 0.468 e. The van der Waals surface area contributed by atoms with Crippen LogP contribution in [-0.4, -0.2) is 30.4 Å². The molecule has 0 radical (unpaired) electrons. The molecule has 1 saturated heterocycles. The van der Waals surface area contributed by atoms with Gasteiger partial charge in [-0.1, -0.05) is 17.7 Å². The van der Waals surface area contributed by atoms with Gasteiger partial charge in [0, 0.05) is 17.1 Å². The van der Waals surface area contributed by atoms with Crippen LogP contribution in [0.15, 0.2) is 41.0 Å². The highest BCUT2D eigenvalue weighted by Gasteiger charge is 2.26. The Balaban J connectivity index is 1.63. The molecule has 1 aromatic carbocycles. The number of furan rings is 1. The second-order valence-corrected chi connectivity index (χ2v) is 6.36. The van der Waals surface area contributed by atoms with E-state index in [1.165, 1.54) is 12.1 Å². The van der Waals surface area contributed by atoms with E-state index in [0.29, 0.717) is 6.54 Å². The van der Waals surface area contributed by atoms with Crippen molar-refractivity contribution in [3.05, 3.63) is 58.8 Å². The van der Waals surface area contributed by atoms with E-state index in [2.05, 4.69) is 10.2 Å². The van der Waals surface area contributed by atoms with Crippen molar-refractivity contribution >= 4 is 17.5 Å². The molecule has 1 amide bonds. The lowest BCUT2D eigenvalue weighted by molar-refractivity contribution is -0.120. The summed E-state index contributed by atoms with van der Waals surface area (Å²) in [7, 11) is 0. The Morgan fingerprint density at radius 3 is 2.75 bits per heavy atom. The normalized spacial score (nSPS) is 16.2. The lowest BCUT2D eigenvalue weighted by Crippen LogP contribution is -2.37. The highest BCUT2D eigenvalue weighted by Crippen LogP contribution is 2.25. The number of carbonyl (C=O) groups excluding carboxylic acids is 1. The van der Waals surface area contributed by atoms with Gasteiger partial charge in [0.2, 0.25) is 5.91 Å². The minimum atomic E-state index is -0.459. The van der Waals surface area contributed by atoms with E-state index < -0.39 is 5.82 Å².